The Kier molecular flexibility index (Phi) is 8.35. The molecule has 2 aromatic rings. The normalized spacial score (nSPS) is 19.0. The van der Waals surface area contributed by atoms with Crippen molar-refractivity contribution in [2.45, 2.75) is 31.7 Å². The molecule has 1 fully saturated rings. The molecule has 3 N–H and O–H groups in total. The third-order valence-corrected chi connectivity index (χ3v) is 4.29. The summed E-state index contributed by atoms with van der Waals surface area (Å²) in [6, 6.07) is 6.04. The van der Waals surface area contributed by atoms with Gasteiger partial charge in [0.15, 0.2) is 0 Å². The van der Waals surface area contributed by atoms with Crippen molar-refractivity contribution in [1.82, 2.24) is 10.3 Å². The van der Waals surface area contributed by atoms with Crippen molar-refractivity contribution in [2.75, 3.05) is 6.54 Å². The number of nitrogens with one attached hydrogen (secondary N) is 1. The molecule has 0 spiro atoms. The summed E-state index contributed by atoms with van der Waals surface area (Å²) in [7, 11) is 0. The predicted octanol–water partition coefficient (Wildman–Crippen LogP) is 3.11. The number of benzene rings is 1. The summed E-state index contributed by atoms with van der Waals surface area (Å²) in [5.41, 5.74) is 6.96. The number of amides is 1. The first-order valence-electron chi connectivity index (χ1n) is 7.85. The van der Waals surface area contributed by atoms with Crippen molar-refractivity contribution in [3.63, 3.8) is 0 Å². The Bertz CT molecular complexity index is 679. The fraction of sp³-hybridized carbons (Fsp3) is 0.412. The Hall–Kier alpha value is -1.63. The number of rotatable bonds is 5. The number of aromatic nitrogens is 1. The largest absolute Gasteiger partial charge is 0.444 e. The van der Waals surface area contributed by atoms with E-state index in [-0.39, 0.29) is 49.0 Å². The zero-order valence-corrected chi connectivity index (χ0v) is 15.2. The van der Waals surface area contributed by atoms with Gasteiger partial charge in [-0.3, -0.25) is 4.79 Å². The van der Waals surface area contributed by atoms with E-state index in [9.17, 15) is 9.18 Å². The van der Waals surface area contributed by atoms with E-state index < -0.39 is 0 Å². The van der Waals surface area contributed by atoms with E-state index in [0.717, 1.165) is 19.3 Å². The van der Waals surface area contributed by atoms with Crippen LogP contribution in [0.25, 0.3) is 11.5 Å². The highest BCUT2D eigenvalue weighted by Gasteiger charge is 2.27. The van der Waals surface area contributed by atoms with E-state index in [1.54, 1.807) is 12.1 Å². The van der Waals surface area contributed by atoms with E-state index in [1.165, 1.54) is 18.4 Å². The molecule has 1 aromatic heterocycles. The first-order valence-corrected chi connectivity index (χ1v) is 7.85. The minimum atomic E-state index is -0.314. The molecule has 3 rings (SSSR count). The monoisotopic (exact) mass is 389 g/mol. The van der Waals surface area contributed by atoms with Gasteiger partial charge in [-0.15, -0.1) is 24.8 Å². The van der Waals surface area contributed by atoms with Crippen molar-refractivity contribution in [1.29, 1.82) is 0 Å². The van der Waals surface area contributed by atoms with Crippen molar-refractivity contribution in [2.24, 2.45) is 11.7 Å². The van der Waals surface area contributed by atoms with Gasteiger partial charge in [-0.05, 0) is 49.6 Å². The number of nitrogens with two attached hydrogens (primary N) is 1. The van der Waals surface area contributed by atoms with Crippen LogP contribution in [0.2, 0.25) is 0 Å². The molecule has 0 aliphatic heterocycles. The topological polar surface area (TPSA) is 81.1 Å². The molecule has 5 nitrogen and oxygen atoms in total. The van der Waals surface area contributed by atoms with Gasteiger partial charge in [0.2, 0.25) is 11.8 Å². The maximum atomic E-state index is 12.9. The van der Waals surface area contributed by atoms with Crippen molar-refractivity contribution in [3.8, 4) is 11.5 Å². The second-order valence-corrected chi connectivity index (χ2v) is 5.93. The van der Waals surface area contributed by atoms with Gasteiger partial charge >= 0.3 is 0 Å². The van der Waals surface area contributed by atoms with Crippen LogP contribution in [0.1, 0.15) is 25.0 Å². The molecule has 1 heterocycles. The van der Waals surface area contributed by atoms with Crippen LogP contribution >= 0.6 is 24.8 Å². The summed E-state index contributed by atoms with van der Waals surface area (Å²) in [6.07, 6.45) is 4.78. The second kappa shape index (κ2) is 9.75. The van der Waals surface area contributed by atoms with Gasteiger partial charge in [-0.25, -0.2) is 9.37 Å². The molecule has 0 saturated heterocycles. The number of hydrogen-bond acceptors (Lipinski definition) is 4. The van der Waals surface area contributed by atoms with Crippen LogP contribution in [0.3, 0.4) is 0 Å². The van der Waals surface area contributed by atoms with Crippen LogP contribution in [0, 0.1) is 11.7 Å². The van der Waals surface area contributed by atoms with Crippen LogP contribution in [0.5, 0.6) is 0 Å². The number of halogens is 3. The molecule has 0 radical (unpaired) electrons. The third-order valence-electron chi connectivity index (χ3n) is 4.29. The molecule has 0 bridgehead atoms. The zero-order chi connectivity index (χ0) is 16.2. The Balaban J connectivity index is 0.00000156. The van der Waals surface area contributed by atoms with Gasteiger partial charge in [0.25, 0.3) is 0 Å². The highest BCUT2D eigenvalue weighted by molar-refractivity contribution is 5.85. The summed E-state index contributed by atoms with van der Waals surface area (Å²) in [6.45, 7) is 0.601. The first-order chi connectivity index (χ1) is 11.2. The van der Waals surface area contributed by atoms with E-state index in [2.05, 4.69) is 10.3 Å². The van der Waals surface area contributed by atoms with Crippen LogP contribution < -0.4 is 11.1 Å². The molecule has 2 atom stereocenters. The standard InChI is InChI=1S/C17H20FN3O2.2ClH/c18-13-6-4-11(5-7-13)17-20-14(10-23-17)8-16(22)21-15-3-1-2-12(15)9-19;;/h4-7,10,12,15H,1-3,8-9,19H2,(H,21,22);2*1H. The number of nitrogens with zero attached hydrogens (tertiary/aromatic N) is 1. The van der Waals surface area contributed by atoms with E-state index in [4.69, 9.17) is 10.2 Å². The molecule has 1 amide bonds. The fourth-order valence-electron chi connectivity index (χ4n) is 3.04. The number of oxazole rings is 1. The van der Waals surface area contributed by atoms with Crippen LogP contribution in [-0.4, -0.2) is 23.5 Å². The SMILES string of the molecule is Cl.Cl.NCC1CCCC1NC(=O)Cc1coc(-c2ccc(F)cc2)n1. The van der Waals surface area contributed by atoms with E-state index in [0.29, 0.717) is 29.6 Å². The quantitative estimate of drug-likeness (QED) is 0.822. The Labute approximate surface area is 158 Å². The summed E-state index contributed by atoms with van der Waals surface area (Å²) in [5.74, 6) is 0.361. The lowest BCUT2D eigenvalue weighted by Crippen LogP contribution is -2.40. The van der Waals surface area contributed by atoms with Gasteiger partial charge in [0.1, 0.15) is 12.1 Å². The van der Waals surface area contributed by atoms with Gasteiger partial charge in [-0.1, -0.05) is 6.42 Å². The Morgan fingerprint density at radius 2 is 2.00 bits per heavy atom. The maximum Gasteiger partial charge on any atom is 0.226 e. The van der Waals surface area contributed by atoms with Crippen molar-refractivity contribution in [3.05, 3.63) is 42.0 Å². The smallest absolute Gasteiger partial charge is 0.226 e. The molecular weight excluding hydrogens is 368 g/mol. The van der Waals surface area contributed by atoms with Gasteiger partial charge in [0.05, 0.1) is 12.1 Å². The molecule has 2 unspecified atom stereocenters. The Morgan fingerprint density at radius 1 is 1.28 bits per heavy atom. The Morgan fingerprint density at radius 3 is 2.68 bits per heavy atom. The number of carbonyl (C=O) groups is 1. The van der Waals surface area contributed by atoms with Gasteiger partial charge in [0, 0.05) is 11.6 Å². The molecule has 1 saturated carbocycles. The molecule has 138 valence electrons. The molecule has 8 heteroatoms. The fourth-order valence-corrected chi connectivity index (χ4v) is 3.04. The number of carbonyl (C=O) groups excluding carboxylic acids is 1. The summed E-state index contributed by atoms with van der Waals surface area (Å²) >= 11 is 0. The third kappa shape index (κ3) is 5.42. The van der Waals surface area contributed by atoms with Crippen LogP contribution in [0.15, 0.2) is 34.9 Å². The molecule has 25 heavy (non-hydrogen) atoms. The molecular formula is C17H22Cl2FN3O2. The van der Waals surface area contributed by atoms with Crippen LogP contribution in [0.4, 0.5) is 4.39 Å². The summed E-state index contributed by atoms with van der Waals surface area (Å²) in [4.78, 5) is 16.4. The summed E-state index contributed by atoms with van der Waals surface area (Å²) in [5, 5.41) is 3.03. The van der Waals surface area contributed by atoms with Crippen molar-refractivity contribution < 1.29 is 13.6 Å². The molecule has 1 aliphatic rings. The van der Waals surface area contributed by atoms with E-state index in [1.807, 2.05) is 0 Å². The highest BCUT2D eigenvalue weighted by Crippen LogP contribution is 2.24. The lowest BCUT2D eigenvalue weighted by Gasteiger charge is -2.19. The highest BCUT2D eigenvalue weighted by atomic mass is 35.5. The predicted molar refractivity (Wildman–Crippen MR) is 98.4 cm³/mol. The molecule has 1 aromatic carbocycles. The first kappa shape index (κ1) is 21.4. The minimum absolute atomic E-state index is 0. The minimum Gasteiger partial charge on any atom is -0.444 e. The van der Waals surface area contributed by atoms with E-state index >= 15 is 0 Å². The zero-order valence-electron chi connectivity index (χ0n) is 13.6. The average molecular weight is 390 g/mol. The number of hydrogen-bond donors (Lipinski definition) is 2. The lowest BCUT2D eigenvalue weighted by molar-refractivity contribution is -0.121. The van der Waals surface area contributed by atoms with Gasteiger partial charge in [-0.2, -0.15) is 0 Å². The second-order valence-electron chi connectivity index (χ2n) is 5.93. The van der Waals surface area contributed by atoms with Gasteiger partial charge < -0.3 is 15.5 Å². The average Bonchev–Trinajstić information content (AvgIpc) is 3.17. The van der Waals surface area contributed by atoms with Crippen LogP contribution in [-0.2, 0) is 11.2 Å². The maximum absolute atomic E-state index is 12.9. The summed E-state index contributed by atoms with van der Waals surface area (Å²) < 4.78 is 18.3. The molecule has 1 aliphatic carbocycles. The van der Waals surface area contributed by atoms with Crippen molar-refractivity contribution >= 4 is 30.7 Å². The lowest BCUT2D eigenvalue weighted by atomic mass is 10.0.